The number of aryl methyl sites for hydroxylation is 1. The molecule has 9 heteroatoms. The Hall–Kier alpha value is -4.92. The molecule has 2 aromatic carbocycles. The van der Waals surface area contributed by atoms with Gasteiger partial charge in [-0.1, -0.05) is 36.4 Å². The normalized spacial score (nSPS) is 16.3. The Bertz CT molecular complexity index is 1490. The molecule has 1 atom stereocenters. The molecule has 9 nitrogen and oxygen atoms in total. The second-order valence-electron chi connectivity index (χ2n) is 9.30. The Morgan fingerprint density at radius 3 is 2.45 bits per heavy atom. The molecule has 1 amide bonds. The molecule has 40 heavy (non-hydrogen) atoms. The van der Waals surface area contributed by atoms with Crippen molar-refractivity contribution in [2.24, 2.45) is 0 Å². The summed E-state index contributed by atoms with van der Waals surface area (Å²) < 4.78 is 13.9. The standard InChI is InChI=1S/C31H30N4O5/c1-2-39-26-19-24(9-10-25(26)40-20-22-7-4-3-5-8-22)28-27(29(36)23-11-13-32-14-12-23)30(37)31(38)35(28)17-6-16-34-18-15-33-21-34/h3-5,7-15,18-19,21,28,36H,2,6,16-17,20H2,1H3/b29-27+. The van der Waals surface area contributed by atoms with E-state index < -0.39 is 17.7 Å². The molecule has 1 fully saturated rings. The molecule has 0 radical (unpaired) electrons. The van der Waals surface area contributed by atoms with Crippen molar-refractivity contribution in [1.29, 1.82) is 0 Å². The number of aliphatic hydroxyl groups excluding tert-OH is 1. The minimum Gasteiger partial charge on any atom is -0.507 e. The van der Waals surface area contributed by atoms with Crippen LogP contribution in [0.4, 0.5) is 0 Å². The number of aliphatic hydroxyl groups is 1. The van der Waals surface area contributed by atoms with Gasteiger partial charge in [-0.2, -0.15) is 0 Å². The molecule has 1 aliphatic rings. The molecule has 0 saturated carbocycles. The third-order valence-electron chi connectivity index (χ3n) is 6.69. The van der Waals surface area contributed by atoms with Gasteiger partial charge in [0.25, 0.3) is 11.7 Å². The summed E-state index contributed by atoms with van der Waals surface area (Å²) in [6, 6.07) is 17.6. The molecule has 1 aliphatic heterocycles. The lowest BCUT2D eigenvalue weighted by Crippen LogP contribution is -2.31. The number of hydrogen-bond donors (Lipinski definition) is 1. The van der Waals surface area contributed by atoms with Gasteiger partial charge in [0, 0.05) is 43.4 Å². The van der Waals surface area contributed by atoms with Crippen LogP contribution in [0.15, 0.2) is 97.4 Å². The number of ether oxygens (including phenoxy) is 2. The van der Waals surface area contributed by atoms with Gasteiger partial charge < -0.3 is 24.0 Å². The van der Waals surface area contributed by atoms with Crippen molar-refractivity contribution in [3.05, 3.63) is 114 Å². The van der Waals surface area contributed by atoms with Gasteiger partial charge in [0.1, 0.15) is 12.4 Å². The van der Waals surface area contributed by atoms with Crippen molar-refractivity contribution in [3.63, 3.8) is 0 Å². The molecule has 0 bridgehead atoms. The van der Waals surface area contributed by atoms with E-state index in [2.05, 4.69) is 9.97 Å². The van der Waals surface area contributed by atoms with E-state index in [-0.39, 0.29) is 11.3 Å². The summed E-state index contributed by atoms with van der Waals surface area (Å²) in [6.45, 7) is 3.55. The van der Waals surface area contributed by atoms with Gasteiger partial charge in [-0.05, 0) is 48.7 Å². The van der Waals surface area contributed by atoms with E-state index >= 15 is 0 Å². The van der Waals surface area contributed by atoms with Gasteiger partial charge >= 0.3 is 0 Å². The summed E-state index contributed by atoms with van der Waals surface area (Å²) in [5.41, 5.74) is 2.08. The molecule has 5 rings (SSSR count). The number of carbonyl (C=O) groups is 2. The van der Waals surface area contributed by atoms with E-state index in [0.29, 0.717) is 55.4 Å². The van der Waals surface area contributed by atoms with Crippen molar-refractivity contribution < 1.29 is 24.2 Å². The highest BCUT2D eigenvalue weighted by molar-refractivity contribution is 6.46. The first-order valence-corrected chi connectivity index (χ1v) is 13.1. The fraction of sp³-hybridized carbons (Fsp3) is 0.226. The van der Waals surface area contributed by atoms with Gasteiger partial charge in [-0.3, -0.25) is 14.6 Å². The maximum absolute atomic E-state index is 13.3. The predicted molar refractivity (Wildman–Crippen MR) is 148 cm³/mol. The zero-order valence-corrected chi connectivity index (χ0v) is 22.1. The summed E-state index contributed by atoms with van der Waals surface area (Å²) in [7, 11) is 0. The highest BCUT2D eigenvalue weighted by atomic mass is 16.5. The van der Waals surface area contributed by atoms with Crippen LogP contribution in [-0.2, 0) is 22.7 Å². The van der Waals surface area contributed by atoms with Crippen molar-refractivity contribution in [2.45, 2.75) is 32.5 Å². The zero-order valence-electron chi connectivity index (χ0n) is 22.1. The Morgan fingerprint density at radius 1 is 0.925 bits per heavy atom. The lowest BCUT2D eigenvalue weighted by Gasteiger charge is -2.26. The third-order valence-corrected chi connectivity index (χ3v) is 6.69. The average Bonchev–Trinajstić information content (AvgIpc) is 3.60. The number of Topliss-reactive ketones (excluding diaryl/α,β-unsaturated/α-hetero) is 1. The third kappa shape index (κ3) is 5.73. The van der Waals surface area contributed by atoms with Crippen LogP contribution in [0.2, 0.25) is 0 Å². The number of aromatic nitrogens is 3. The van der Waals surface area contributed by atoms with Gasteiger partial charge in [-0.15, -0.1) is 0 Å². The van der Waals surface area contributed by atoms with Crippen LogP contribution in [0, 0.1) is 0 Å². The lowest BCUT2D eigenvalue weighted by molar-refractivity contribution is -0.139. The fourth-order valence-electron chi connectivity index (χ4n) is 4.78. The summed E-state index contributed by atoms with van der Waals surface area (Å²) in [5.74, 6) is -0.604. The van der Waals surface area contributed by atoms with Crippen molar-refractivity contribution in [3.8, 4) is 11.5 Å². The first-order chi connectivity index (χ1) is 19.6. The topological polar surface area (TPSA) is 107 Å². The largest absolute Gasteiger partial charge is 0.507 e. The molecule has 1 saturated heterocycles. The Labute approximate surface area is 232 Å². The van der Waals surface area contributed by atoms with E-state index in [0.717, 1.165) is 5.56 Å². The van der Waals surface area contributed by atoms with Crippen molar-refractivity contribution in [2.75, 3.05) is 13.2 Å². The van der Waals surface area contributed by atoms with Crippen LogP contribution in [-0.4, -0.2) is 49.4 Å². The van der Waals surface area contributed by atoms with Crippen LogP contribution >= 0.6 is 0 Å². The Balaban J connectivity index is 1.51. The number of benzene rings is 2. The minimum absolute atomic E-state index is 0.0271. The van der Waals surface area contributed by atoms with E-state index in [1.165, 1.54) is 17.3 Å². The molecule has 4 aromatic rings. The number of likely N-dealkylation sites (tertiary alicyclic amines) is 1. The number of pyridine rings is 1. The van der Waals surface area contributed by atoms with Crippen LogP contribution in [0.3, 0.4) is 0 Å². The number of rotatable bonds is 11. The highest BCUT2D eigenvalue weighted by Gasteiger charge is 2.46. The first-order valence-electron chi connectivity index (χ1n) is 13.1. The zero-order chi connectivity index (χ0) is 27.9. The summed E-state index contributed by atoms with van der Waals surface area (Å²) in [5, 5.41) is 11.3. The lowest BCUT2D eigenvalue weighted by atomic mass is 9.95. The first kappa shape index (κ1) is 26.7. The average molecular weight is 539 g/mol. The molecule has 2 aromatic heterocycles. The molecular formula is C31H30N4O5. The molecule has 0 spiro atoms. The Morgan fingerprint density at radius 2 is 1.73 bits per heavy atom. The molecule has 1 unspecified atom stereocenters. The van der Waals surface area contributed by atoms with Crippen LogP contribution in [0.25, 0.3) is 5.76 Å². The summed E-state index contributed by atoms with van der Waals surface area (Å²) in [4.78, 5) is 36.2. The second-order valence-corrected chi connectivity index (χ2v) is 9.30. The fourth-order valence-corrected chi connectivity index (χ4v) is 4.78. The van der Waals surface area contributed by atoms with Gasteiger partial charge in [0.15, 0.2) is 11.5 Å². The summed E-state index contributed by atoms with van der Waals surface area (Å²) >= 11 is 0. The van der Waals surface area contributed by atoms with Crippen LogP contribution < -0.4 is 9.47 Å². The smallest absolute Gasteiger partial charge is 0.295 e. The van der Waals surface area contributed by atoms with Crippen LogP contribution in [0.1, 0.15) is 36.1 Å². The van der Waals surface area contributed by atoms with E-state index in [4.69, 9.17) is 9.47 Å². The maximum atomic E-state index is 13.3. The van der Waals surface area contributed by atoms with E-state index in [9.17, 15) is 14.7 Å². The number of carbonyl (C=O) groups excluding carboxylic acids is 2. The number of imidazole rings is 1. The second kappa shape index (κ2) is 12.3. The van der Waals surface area contributed by atoms with Crippen LogP contribution in [0.5, 0.6) is 11.5 Å². The number of hydrogen-bond acceptors (Lipinski definition) is 7. The molecule has 204 valence electrons. The molecule has 3 heterocycles. The Kier molecular flexibility index (Phi) is 8.20. The number of amides is 1. The number of ketones is 1. The molecule has 0 aliphatic carbocycles. The van der Waals surface area contributed by atoms with Crippen molar-refractivity contribution >= 4 is 17.4 Å². The van der Waals surface area contributed by atoms with Gasteiger partial charge in [-0.25, -0.2) is 4.98 Å². The maximum Gasteiger partial charge on any atom is 0.295 e. The minimum atomic E-state index is -0.807. The van der Waals surface area contributed by atoms with Gasteiger partial charge in [0.05, 0.1) is 24.5 Å². The highest BCUT2D eigenvalue weighted by Crippen LogP contribution is 2.42. The molecule has 1 N–H and O–H groups in total. The number of nitrogens with zero attached hydrogens (tertiary/aromatic N) is 4. The van der Waals surface area contributed by atoms with Crippen molar-refractivity contribution in [1.82, 2.24) is 19.4 Å². The predicted octanol–water partition coefficient (Wildman–Crippen LogP) is 4.77. The van der Waals surface area contributed by atoms with Gasteiger partial charge in [0.2, 0.25) is 0 Å². The van der Waals surface area contributed by atoms with E-state index in [1.54, 1.807) is 36.8 Å². The molecular weight excluding hydrogens is 508 g/mol. The van der Waals surface area contributed by atoms with E-state index in [1.807, 2.05) is 54.1 Å². The monoisotopic (exact) mass is 538 g/mol. The SMILES string of the molecule is CCOc1cc(C2/C(=C(\O)c3ccncc3)C(=O)C(=O)N2CCCn2ccnc2)ccc1OCc1ccccc1. The summed E-state index contributed by atoms with van der Waals surface area (Å²) in [6.07, 6.45) is 8.88. The quantitative estimate of drug-likeness (QED) is 0.167.